The van der Waals surface area contributed by atoms with E-state index in [0.29, 0.717) is 0 Å². The van der Waals surface area contributed by atoms with Crippen LogP contribution < -0.4 is 3.27 Å². The summed E-state index contributed by atoms with van der Waals surface area (Å²) in [6, 6.07) is 4.44. The molecule has 0 nitrogen and oxygen atoms in total. The van der Waals surface area contributed by atoms with Gasteiger partial charge in [0.1, 0.15) is 0 Å². The van der Waals surface area contributed by atoms with Gasteiger partial charge in [-0.1, -0.05) is 0 Å². The van der Waals surface area contributed by atoms with Gasteiger partial charge >= 0.3 is 66.0 Å². The van der Waals surface area contributed by atoms with Gasteiger partial charge in [0.25, 0.3) is 0 Å². The summed E-state index contributed by atoms with van der Waals surface area (Å²) in [5, 5.41) is 0. The van der Waals surface area contributed by atoms with Gasteiger partial charge in [0, 0.05) is 0 Å². The van der Waals surface area contributed by atoms with Crippen LogP contribution >= 0.6 is 0 Å². The number of hydrogen-bond donors (Lipinski definition) is 0. The Hall–Kier alpha value is -0.107. The molecule has 0 saturated heterocycles. The van der Waals surface area contributed by atoms with E-state index in [1.165, 1.54) is 0 Å². The van der Waals surface area contributed by atoms with E-state index in [4.69, 9.17) is 0 Å². The van der Waals surface area contributed by atoms with E-state index >= 15 is 0 Å². The van der Waals surface area contributed by atoms with Crippen molar-refractivity contribution in [1.82, 2.24) is 0 Å². The van der Waals surface area contributed by atoms with Gasteiger partial charge in [-0.15, -0.1) is 0 Å². The molecule has 0 aliphatic heterocycles. The molecule has 4 heteroatoms. The van der Waals surface area contributed by atoms with E-state index in [0.717, 1.165) is 24.3 Å². The molecule has 0 N–H and O–H groups in total. The topological polar surface area (TPSA) is 0 Å². The zero-order valence-electron chi connectivity index (χ0n) is 4.94. The Labute approximate surface area is 66.1 Å². The van der Waals surface area contributed by atoms with Gasteiger partial charge in [-0.05, 0) is 0 Å². The molecule has 1 aromatic rings. The van der Waals surface area contributed by atoms with Crippen LogP contribution in [-0.2, 0) is 23.0 Å². The molecule has 0 aromatic heterocycles. The van der Waals surface area contributed by atoms with Gasteiger partial charge in [0.2, 0.25) is 0 Å². The van der Waals surface area contributed by atoms with Crippen LogP contribution in [0.3, 0.4) is 0 Å². The number of rotatable bonds is 1. The van der Waals surface area contributed by atoms with E-state index in [1.54, 1.807) is 0 Å². The Morgan fingerprint density at radius 3 is 1.90 bits per heavy atom. The molecule has 1 aromatic carbocycles. The average Bonchev–Trinajstić information content (AvgIpc) is 1.88. The van der Waals surface area contributed by atoms with E-state index < -0.39 is 28.8 Å². The monoisotopic (exact) mass is 223 g/mol. The Balaban J connectivity index is 2.89. The van der Waals surface area contributed by atoms with Crippen molar-refractivity contribution >= 4 is 3.27 Å². The second kappa shape index (κ2) is 3.33. The summed E-state index contributed by atoms with van der Waals surface area (Å²) in [5.41, 5.74) is 0. The van der Waals surface area contributed by atoms with Crippen molar-refractivity contribution in [2.24, 2.45) is 0 Å². The van der Waals surface area contributed by atoms with Gasteiger partial charge in [-0.25, -0.2) is 0 Å². The summed E-state index contributed by atoms with van der Waals surface area (Å²) >= 11 is -4.22. The molecule has 1 rings (SSSR count). The van der Waals surface area contributed by atoms with Crippen molar-refractivity contribution < 1.29 is 32.6 Å². The van der Waals surface area contributed by atoms with E-state index in [1.807, 2.05) is 0 Å². The van der Waals surface area contributed by atoms with E-state index in [9.17, 15) is 9.64 Å². The molecule has 0 radical (unpaired) electrons. The predicted molar refractivity (Wildman–Crippen MR) is 28.2 cm³/mol. The van der Waals surface area contributed by atoms with Crippen molar-refractivity contribution in [2.45, 2.75) is 0 Å². The first-order valence-corrected chi connectivity index (χ1v) is 5.73. The van der Waals surface area contributed by atoms with Crippen LogP contribution in [-0.4, -0.2) is 0 Å². The van der Waals surface area contributed by atoms with Crippen LogP contribution in [0.5, 0.6) is 0 Å². The third kappa shape index (κ3) is 1.94. The third-order valence-electron chi connectivity index (χ3n) is 1.06. The fourth-order valence-corrected chi connectivity index (χ4v) is 1.60. The molecule has 0 heterocycles. The average molecular weight is 224 g/mol. The second-order valence-electron chi connectivity index (χ2n) is 1.77. The molecule has 0 aliphatic carbocycles. The number of hydrogen-bond acceptors (Lipinski definition) is 0. The van der Waals surface area contributed by atoms with Crippen LogP contribution in [0.15, 0.2) is 24.3 Å². The van der Waals surface area contributed by atoms with Crippen LogP contribution in [0.1, 0.15) is 0 Å². The van der Waals surface area contributed by atoms with Crippen LogP contribution in [0.2, 0.25) is 0 Å². The Morgan fingerprint density at radius 1 is 1.00 bits per heavy atom. The van der Waals surface area contributed by atoms with Gasteiger partial charge in [0.05, 0.1) is 0 Å². The van der Waals surface area contributed by atoms with Crippen LogP contribution in [0, 0.1) is 5.82 Å². The molecule has 0 saturated carbocycles. The first-order valence-electron chi connectivity index (χ1n) is 2.64. The Bertz CT molecular complexity index is 207. The summed E-state index contributed by atoms with van der Waals surface area (Å²) in [7, 11) is 0. The van der Waals surface area contributed by atoms with E-state index in [2.05, 4.69) is 0 Å². The maximum atomic E-state index is 12.1. The third-order valence-corrected chi connectivity index (χ3v) is 2.95. The van der Waals surface area contributed by atoms with Gasteiger partial charge in [-0.3, -0.25) is 0 Å². The molecule has 10 heavy (non-hydrogen) atoms. The van der Waals surface area contributed by atoms with Crippen LogP contribution in [0.25, 0.3) is 0 Å². The van der Waals surface area contributed by atoms with Crippen molar-refractivity contribution in [3.05, 3.63) is 30.1 Å². The van der Waals surface area contributed by atoms with Crippen molar-refractivity contribution in [3.8, 4) is 0 Å². The Kier molecular flexibility index (Phi) is 2.66. The van der Waals surface area contributed by atoms with Crippen molar-refractivity contribution in [3.63, 3.8) is 0 Å². The predicted octanol–water partition coefficient (Wildman–Crippen LogP) is 1.84. The standard InChI is InChI=1S/C6H4F.2FH.Zr/c7-6-4-2-1-3-5-6;;;/h2-5H;2*1H;/q;;;+2/p-2. The summed E-state index contributed by atoms with van der Waals surface area (Å²) < 4.78 is 36.1. The molecular formula is C6H4F3Zr. The fourth-order valence-electron chi connectivity index (χ4n) is 0.576. The second-order valence-corrected chi connectivity index (χ2v) is 4.47. The minimum atomic E-state index is -4.22. The molecular weight excluding hydrogens is 220 g/mol. The summed E-state index contributed by atoms with van der Waals surface area (Å²) in [4.78, 5) is 0. The van der Waals surface area contributed by atoms with Crippen molar-refractivity contribution in [2.75, 3.05) is 0 Å². The molecule has 0 unspecified atom stereocenters. The summed E-state index contributed by atoms with van der Waals surface area (Å²) in [6.07, 6.45) is 0. The Morgan fingerprint density at radius 2 is 1.50 bits per heavy atom. The molecule has 0 spiro atoms. The zero-order valence-corrected chi connectivity index (χ0v) is 7.40. The molecule has 0 atom stereocenters. The van der Waals surface area contributed by atoms with Crippen LogP contribution in [0.4, 0.5) is 9.64 Å². The SMILES string of the molecule is Fc1cc[c]([Zr]([F])[F])cc1. The molecule has 0 amide bonds. The molecule has 0 aliphatic rings. The van der Waals surface area contributed by atoms with Gasteiger partial charge in [0.15, 0.2) is 0 Å². The quantitative estimate of drug-likeness (QED) is 0.683. The fraction of sp³-hybridized carbons (Fsp3) is 0. The molecule has 53 valence electrons. The molecule has 0 fully saturated rings. The first-order chi connectivity index (χ1) is 4.70. The zero-order chi connectivity index (χ0) is 7.56. The maximum absolute atomic E-state index is 12.1. The summed E-state index contributed by atoms with van der Waals surface area (Å²) in [6.45, 7) is 0. The normalized spacial score (nSPS) is 9.50. The van der Waals surface area contributed by atoms with Gasteiger partial charge in [-0.2, -0.15) is 0 Å². The summed E-state index contributed by atoms with van der Waals surface area (Å²) in [5.74, 6) is -0.464. The first kappa shape index (κ1) is 7.99. The van der Waals surface area contributed by atoms with Crippen molar-refractivity contribution in [1.29, 1.82) is 0 Å². The number of benzene rings is 1. The van der Waals surface area contributed by atoms with Gasteiger partial charge < -0.3 is 0 Å². The minimum absolute atomic E-state index is 0.0452. The number of halogens is 3. The van der Waals surface area contributed by atoms with E-state index in [-0.39, 0.29) is 3.27 Å². The molecule has 0 bridgehead atoms.